The van der Waals surface area contributed by atoms with Crippen molar-refractivity contribution in [2.45, 2.75) is 25.9 Å². The summed E-state index contributed by atoms with van der Waals surface area (Å²) in [6.07, 6.45) is 0.954. The first-order valence-electron chi connectivity index (χ1n) is 7.32. The Labute approximate surface area is 127 Å². The van der Waals surface area contributed by atoms with Crippen LogP contribution in [0.25, 0.3) is 0 Å². The summed E-state index contributed by atoms with van der Waals surface area (Å²) < 4.78 is 0. The molecule has 0 heterocycles. The standard InChI is InChI=1S/C18H24N2O/c1-14(12-15-6-10-18(21)11-7-15)19-13-16-4-8-17(9-5-16)20(2)3/h4-11,14,19,21H,12-13H2,1-3H3. The molecule has 21 heavy (non-hydrogen) atoms. The van der Waals surface area contributed by atoms with Gasteiger partial charge in [-0.2, -0.15) is 0 Å². The molecule has 2 aromatic carbocycles. The Kier molecular flexibility index (Phi) is 5.23. The summed E-state index contributed by atoms with van der Waals surface area (Å²) in [5, 5.41) is 12.8. The minimum absolute atomic E-state index is 0.320. The fourth-order valence-electron chi connectivity index (χ4n) is 2.26. The number of anilines is 1. The van der Waals surface area contributed by atoms with Crippen molar-refractivity contribution in [2.75, 3.05) is 19.0 Å². The van der Waals surface area contributed by atoms with Gasteiger partial charge in [-0.3, -0.25) is 0 Å². The third-order valence-corrected chi connectivity index (χ3v) is 3.59. The van der Waals surface area contributed by atoms with E-state index in [-0.39, 0.29) is 0 Å². The van der Waals surface area contributed by atoms with Crippen LogP contribution < -0.4 is 10.2 Å². The normalized spacial score (nSPS) is 12.1. The molecule has 0 fully saturated rings. The van der Waals surface area contributed by atoms with Crippen molar-refractivity contribution in [1.29, 1.82) is 0 Å². The third-order valence-electron chi connectivity index (χ3n) is 3.59. The molecule has 1 atom stereocenters. The van der Waals surface area contributed by atoms with Gasteiger partial charge < -0.3 is 15.3 Å². The molecular weight excluding hydrogens is 260 g/mol. The summed E-state index contributed by atoms with van der Waals surface area (Å²) in [5.74, 6) is 0.320. The highest BCUT2D eigenvalue weighted by molar-refractivity contribution is 5.45. The van der Waals surface area contributed by atoms with Crippen molar-refractivity contribution in [2.24, 2.45) is 0 Å². The van der Waals surface area contributed by atoms with Crippen molar-refractivity contribution in [3.05, 3.63) is 59.7 Å². The van der Waals surface area contributed by atoms with Crippen LogP contribution in [0.5, 0.6) is 5.75 Å². The minimum Gasteiger partial charge on any atom is -0.508 e. The predicted octanol–water partition coefficient (Wildman–Crippen LogP) is 3.18. The molecule has 3 heteroatoms. The second-order valence-corrected chi connectivity index (χ2v) is 5.71. The molecule has 0 saturated carbocycles. The molecule has 2 N–H and O–H groups in total. The molecule has 0 aliphatic carbocycles. The first kappa shape index (κ1) is 15.4. The quantitative estimate of drug-likeness (QED) is 0.855. The van der Waals surface area contributed by atoms with Crippen molar-refractivity contribution in [1.82, 2.24) is 5.32 Å². The molecule has 0 amide bonds. The molecule has 3 nitrogen and oxygen atoms in total. The average molecular weight is 284 g/mol. The number of rotatable bonds is 6. The van der Waals surface area contributed by atoms with Gasteiger partial charge in [0.25, 0.3) is 0 Å². The summed E-state index contributed by atoms with van der Waals surface area (Å²) in [6.45, 7) is 3.05. The Morgan fingerprint density at radius 1 is 0.952 bits per heavy atom. The van der Waals surface area contributed by atoms with Gasteiger partial charge in [0.2, 0.25) is 0 Å². The second-order valence-electron chi connectivity index (χ2n) is 5.71. The maximum atomic E-state index is 9.29. The Bertz CT molecular complexity index is 546. The molecule has 0 saturated heterocycles. The molecule has 0 spiro atoms. The summed E-state index contributed by atoms with van der Waals surface area (Å²) in [6, 6.07) is 16.4. The van der Waals surface area contributed by atoms with Crippen LogP contribution in [0.1, 0.15) is 18.1 Å². The van der Waals surface area contributed by atoms with Crippen LogP contribution in [-0.2, 0) is 13.0 Å². The SMILES string of the molecule is CC(Cc1ccc(O)cc1)NCc1ccc(N(C)C)cc1. The zero-order valence-corrected chi connectivity index (χ0v) is 13.0. The lowest BCUT2D eigenvalue weighted by Gasteiger charge is -2.16. The van der Waals surface area contributed by atoms with Gasteiger partial charge in [0, 0.05) is 32.4 Å². The number of nitrogens with one attached hydrogen (secondary N) is 1. The molecule has 0 aromatic heterocycles. The van der Waals surface area contributed by atoms with Crippen molar-refractivity contribution in [3.63, 3.8) is 0 Å². The maximum absolute atomic E-state index is 9.29. The van der Waals surface area contributed by atoms with E-state index >= 15 is 0 Å². The summed E-state index contributed by atoms with van der Waals surface area (Å²) in [7, 11) is 4.10. The number of nitrogens with zero attached hydrogens (tertiary/aromatic N) is 1. The van der Waals surface area contributed by atoms with Crippen molar-refractivity contribution in [3.8, 4) is 5.75 Å². The van der Waals surface area contributed by atoms with Gasteiger partial charge in [-0.25, -0.2) is 0 Å². The molecule has 0 aliphatic rings. The monoisotopic (exact) mass is 284 g/mol. The van der Waals surface area contributed by atoms with Crippen LogP contribution in [0.3, 0.4) is 0 Å². The van der Waals surface area contributed by atoms with E-state index in [1.54, 1.807) is 12.1 Å². The van der Waals surface area contributed by atoms with E-state index in [1.807, 2.05) is 26.2 Å². The molecule has 2 aromatic rings. The molecule has 0 aliphatic heterocycles. The number of phenolic OH excluding ortho intramolecular Hbond substituents is 1. The van der Waals surface area contributed by atoms with Crippen LogP contribution in [-0.4, -0.2) is 25.2 Å². The molecule has 1 unspecified atom stereocenters. The van der Waals surface area contributed by atoms with Crippen LogP contribution in [0.15, 0.2) is 48.5 Å². The summed E-state index contributed by atoms with van der Waals surface area (Å²) >= 11 is 0. The molecule has 0 bridgehead atoms. The van der Waals surface area contributed by atoms with Gasteiger partial charge in [-0.05, 0) is 48.7 Å². The zero-order chi connectivity index (χ0) is 15.2. The van der Waals surface area contributed by atoms with Gasteiger partial charge >= 0.3 is 0 Å². The topological polar surface area (TPSA) is 35.5 Å². The molecular formula is C18H24N2O. The van der Waals surface area contributed by atoms with Gasteiger partial charge in [0.05, 0.1) is 0 Å². The Morgan fingerprint density at radius 2 is 1.52 bits per heavy atom. The van der Waals surface area contributed by atoms with E-state index in [0.29, 0.717) is 11.8 Å². The number of aromatic hydroxyl groups is 1. The van der Waals surface area contributed by atoms with Crippen molar-refractivity contribution < 1.29 is 5.11 Å². The van der Waals surface area contributed by atoms with E-state index in [1.165, 1.54) is 16.8 Å². The smallest absolute Gasteiger partial charge is 0.115 e. The number of hydrogen-bond donors (Lipinski definition) is 2. The van der Waals surface area contributed by atoms with Crippen LogP contribution in [0.4, 0.5) is 5.69 Å². The van der Waals surface area contributed by atoms with E-state index in [0.717, 1.165) is 13.0 Å². The lowest BCUT2D eigenvalue weighted by atomic mass is 10.1. The molecule has 0 radical (unpaired) electrons. The van der Waals surface area contributed by atoms with Gasteiger partial charge in [-0.15, -0.1) is 0 Å². The first-order valence-corrected chi connectivity index (χ1v) is 7.32. The summed E-state index contributed by atoms with van der Waals surface area (Å²) in [5.41, 5.74) is 3.74. The molecule has 112 valence electrons. The highest BCUT2D eigenvalue weighted by Crippen LogP contribution is 2.13. The number of hydrogen-bond acceptors (Lipinski definition) is 3. The Balaban J connectivity index is 1.83. The van der Waals surface area contributed by atoms with E-state index in [2.05, 4.69) is 41.4 Å². The maximum Gasteiger partial charge on any atom is 0.115 e. The van der Waals surface area contributed by atoms with Gasteiger partial charge in [0.15, 0.2) is 0 Å². The zero-order valence-electron chi connectivity index (χ0n) is 13.0. The lowest BCUT2D eigenvalue weighted by Crippen LogP contribution is -2.27. The van der Waals surface area contributed by atoms with Gasteiger partial charge in [-0.1, -0.05) is 24.3 Å². The van der Waals surface area contributed by atoms with Crippen LogP contribution in [0, 0.1) is 0 Å². The summed E-state index contributed by atoms with van der Waals surface area (Å²) in [4.78, 5) is 2.10. The van der Waals surface area contributed by atoms with E-state index in [9.17, 15) is 5.11 Å². The van der Waals surface area contributed by atoms with Crippen LogP contribution >= 0.6 is 0 Å². The Morgan fingerprint density at radius 3 is 2.10 bits per heavy atom. The van der Waals surface area contributed by atoms with E-state index < -0.39 is 0 Å². The van der Waals surface area contributed by atoms with Crippen LogP contribution in [0.2, 0.25) is 0 Å². The number of benzene rings is 2. The number of phenols is 1. The lowest BCUT2D eigenvalue weighted by molar-refractivity contribution is 0.474. The van der Waals surface area contributed by atoms with E-state index in [4.69, 9.17) is 0 Å². The fourth-order valence-corrected chi connectivity index (χ4v) is 2.26. The highest BCUT2D eigenvalue weighted by atomic mass is 16.3. The predicted molar refractivity (Wildman–Crippen MR) is 88.9 cm³/mol. The highest BCUT2D eigenvalue weighted by Gasteiger charge is 2.04. The third kappa shape index (κ3) is 4.80. The largest absolute Gasteiger partial charge is 0.508 e. The fraction of sp³-hybridized carbons (Fsp3) is 0.333. The Hall–Kier alpha value is -2.00. The average Bonchev–Trinajstić information content (AvgIpc) is 2.48. The molecule has 2 rings (SSSR count). The minimum atomic E-state index is 0.320. The second kappa shape index (κ2) is 7.14. The first-order chi connectivity index (χ1) is 10.0. The van der Waals surface area contributed by atoms with Crippen molar-refractivity contribution >= 4 is 5.69 Å². The van der Waals surface area contributed by atoms with Gasteiger partial charge in [0.1, 0.15) is 5.75 Å².